The molecular weight excluding hydrogens is 176 g/mol. The van der Waals surface area contributed by atoms with E-state index in [0.29, 0.717) is 5.56 Å². The van der Waals surface area contributed by atoms with Gasteiger partial charge in [-0.2, -0.15) is 0 Å². The van der Waals surface area contributed by atoms with Gasteiger partial charge in [-0.3, -0.25) is 4.79 Å². The number of ether oxygens (including phenoxy) is 1. The van der Waals surface area contributed by atoms with Crippen molar-refractivity contribution in [3.05, 3.63) is 29.3 Å². The molecule has 2 nitrogen and oxygen atoms in total. The Labute approximate surface area is 83.9 Å². The van der Waals surface area contributed by atoms with Crippen LogP contribution in [0.5, 0.6) is 5.75 Å². The zero-order valence-corrected chi connectivity index (χ0v) is 8.32. The quantitative estimate of drug-likeness (QED) is 0.682. The fourth-order valence-corrected chi connectivity index (χ4v) is 1.40. The van der Waals surface area contributed by atoms with Crippen molar-refractivity contribution in [3.8, 4) is 5.75 Å². The van der Waals surface area contributed by atoms with Crippen LogP contribution in [0.1, 0.15) is 28.8 Å². The molecule has 0 radical (unpaired) electrons. The first-order chi connectivity index (χ1) is 6.79. The van der Waals surface area contributed by atoms with Gasteiger partial charge in [-0.25, -0.2) is 0 Å². The summed E-state index contributed by atoms with van der Waals surface area (Å²) < 4.78 is 5.64. The Hall–Kier alpha value is -1.31. The topological polar surface area (TPSA) is 26.3 Å². The predicted molar refractivity (Wildman–Crippen MR) is 54.8 cm³/mol. The second-order valence-corrected chi connectivity index (χ2v) is 3.90. The molecule has 1 aromatic rings. The molecule has 0 aliphatic heterocycles. The number of hydrogen-bond acceptors (Lipinski definition) is 2. The number of aryl methyl sites for hydroxylation is 1. The molecule has 0 heterocycles. The maximum Gasteiger partial charge on any atom is 0.150 e. The van der Waals surface area contributed by atoms with Crippen LogP contribution < -0.4 is 4.74 Å². The molecule has 0 saturated heterocycles. The lowest BCUT2D eigenvalue weighted by Crippen LogP contribution is -2.00. The minimum atomic E-state index is 0.710. The smallest absolute Gasteiger partial charge is 0.150 e. The fourth-order valence-electron chi connectivity index (χ4n) is 1.40. The van der Waals surface area contributed by atoms with E-state index in [2.05, 4.69) is 0 Å². The highest BCUT2D eigenvalue weighted by Gasteiger charge is 2.22. The molecule has 0 N–H and O–H groups in total. The van der Waals surface area contributed by atoms with Crippen molar-refractivity contribution < 1.29 is 9.53 Å². The summed E-state index contributed by atoms with van der Waals surface area (Å²) in [6.45, 7) is 2.79. The largest absolute Gasteiger partial charge is 0.493 e. The molecule has 14 heavy (non-hydrogen) atoms. The van der Waals surface area contributed by atoms with Gasteiger partial charge in [-0.1, -0.05) is 0 Å². The monoisotopic (exact) mass is 190 g/mol. The number of carbonyl (C=O) groups is 1. The average Bonchev–Trinajstić information content (AvgIpc) is 2.99. The van der Waals surface area contributed by atoms with E-state index in [4.69, 9.17) is 4.74 Å². The zero-order valence-electron chi connectivity index (χ0n) is 8.32. The predicted octanol–water partition coefficient (Wildman–Crippen LogP) is 2.60. The molecule has 2 heteroatoms. The van der Waals surface area contributed by atoms with Crippen molar-refractivity contribution in [1.82, 2.24) is 0 Å². The molecule has 0 amide bonds. The van der Waals surface area contributed by atoms with Crippen LogP contribution in [0, 0.1) is 12.8 Å². The van der Waals surface area contributed by atoms with E-state index < -0.39 is 0 Å². The normalized spacial score (nSPS) is 15.2. The first-order valence-electron chi connectivity index (χ1n) is 4.98. The number of hydrogen-bond donors (Lipinski definition) is 0. The van der Waals surface area contributed by atoms with Crippen molar-refractivity contribution >= 4 is 6.29 Å². The van der Waals surface area contributed by atoms with Crippen LogP contribution in [0.2, 0.25) is 0 Å². The number of benzene rings is 1. The molecule has 1 aromatic carbocycles. The minimum Gasteiger partial charge on any atom is -0.493 e. The molecule has 1 aliphatic carbocycles. The summed E-state index contributed by atoms with van der Waals surface area (Å²) in [6, 6.07) is 5.53. The molecular formula is C12H14O2. The molecule has 2 rings (SSSR count). The van der Waals surface area contributed by atoms with Gasteiger partial charge in [0.1, 0.15) is 12.0 Å². The summed E-state index contributed by atoms with van der Waals surface area (Å²) >= 11 is 0. The van der Waals surface area contributed by atoms with Crippen LogP contribution in [-0.2, 0) is 0 Å². The van der Waals surface area contributed by atoms with Gasteiger partial charge < -0.3 is 4.74 Å². The Bertz CT molecular complexity index is 340. The zero-order chi connectivity index (χ0) is 9.97. The minimum absolute atomic E-state index is 0.710. The SMILES string of the molecule is Cc1cc(C=O)ccc1OCC1CC1. The molecule has 0 spiro atoms. The first kappa shape index (κ1) is 9.25. The Morgan fingerprint density at radius 3 is 2.86 bits per heavy atom. The van der Waals surface area contributed by atoms with E-state index >= 15 is 0 Å². The van der Waals surface area contributed by atoms with E-state index in [0.717, 1.165) is 30.1 Å². The third kappa shape index (κ3) is 2.13. The van der Waals surface area contributed by atoms with Crippen LogP contribution >= 0.6 is 0 Å². The van der Waals surface area contributed by atoms with Crippen molar-refractivity contribution in [2.75, 3.05) is 6.61 Å². The Balaban J connectivity index is 2.04. The second-order valence-electron chi connectivity index (χ2n) is 3.90. The summed E-state index contributed by atoms with van der Waals surface area (Å²) in [5.41, 5.74) is 1.75. The molecule has 0 atom stereocenters. The standard InChI is InChI=1S/C12H14O2/c1-9-6-11(7-13)4-5-12(9)14-8-10-2-3-10/h4-7,10H,2-3,8H2,1H3. The molecule has 0 bridgehead atoms. The van der Waals surface area contributed by atoms with Crippen LogP contribution in [0.15, 0.2) is 18.2 Å². The van der Waals surface area contributed by atoms with Gasteiger partial charge in [0.05, 0.1) is 6.61 Å². The molecule has 0 unspecified atom stereocenters. The van der Waals surface area contributed by atoms with Gasteiger partial charge in [0, 0.05) is 5.56 Å². The number of aldehydes is 1. The van der Waals surface area contributed by atoms with Gasteiger partial charge in [0.25, 0.3) is 0 Å². The molecule has 74 valence electrons. The van der Waals surface area contributed by atoms with Crippen molar-refractivity contribution in [3.63, 3.8) is 0 Å². The van der Waals surface area contributed by atoms with E-state index in [1.54, 1.807) is 6.07 Å². The van der Waals surface area contributed by atoms with Crippen molar-refractivity contribution in [2.24, 2.45) is 5.92 Å². The third-order valence-electron chi connectivity index (χ3n) is 2.51. The van der Waals surface area contributed by atoms with Crippen molar-refractivity contribution in [1.29, 1.82) is 0 Å². The molecule has 1 saturated carbocycles. The highest BCUT2D eigenvalue weighted by atomic mass is 16.5. The first-order valence-corrected chi connectivity index (χ1v) is 4.98. The third-order valence-corrected chi connectivity index (χ3v) is 2.51. The van der Waals surface area contributed by atoms with Gasteiger partial charge in [0.2, 0.25) is 0 Å². The Morgan fingerprint density at radius 1 is 1.50 bits per heavy atom. The summed E-state index contributed by atoms with van der Waals surface area (Å²) in [5, 5.41) is 0. The Kier molecular flexibility index (Phi) is 2.53. The summed E-state index contributed by atoms with van der Waals surface area (Å²) in [5.74, 6) is 1.67. The number of rotatable bonds is 4. The highest BCUT2D eigenvalue weighted by Crippen LogP contribution is 2.30. The molecule has 0 aromatic heterocycles. The molecule has 1 fully saturated rings. The lowest BCUT2D eigenvalue weighted by Gasteiger charge is -2.08. The van der Waals surface area contributed by atoms with E-state index in [9.17, 15) is 4.79 Å². The lowest BCUT2D eigenvalue weighted by atomic mass is 10.1. The fraction of sp³-hybridized carbons (Fsp3) is 0.417. The summed E-state index contributed by atoms with van der Waals surface area (Å²) in [4.78, 5) is 10.5. The Morgan fingerprint density at radius 2 is 2.29 bits per heavy atom. The van der Waals surface area contributed by atoms with Gasteiger partial charge in [-0.15, -0.1) is 0 Å². The maximum atomic E-state index is 10.5. The van der Waals surface area contributed by atoms with Gasteiger partial charge in [-0.05, 0) is 49.4 Å². The van der Waals surface area contributed by atoms with Crippen LogP contribution in [-0.4, -0.2) is 12.9 Å². The number of carbonyl (C=O) groups excluding carboxylic acids is 1. The summed E-state index contributed by atoms with van der Waals surface area (Å²) in [6.07, 6.45) is 3.45. The van der Waals surface area contributed by atoms with Crippen LogP contribution in [0.25, 0.3) is 0 Å². The van der Waals surface area contributed by atoms with Crippen LogP contribution in [0.4, 0.5) is 0 Å². The maximum absolute atomic E-state index is 10.5. The van der Waals surface area contributed by atoms with E-state index in [-0.39, 0.29) is 0 Å². The van der Waals surface area contributed by atoms with E-state index in [1.807, 2.05) is 19.1 Å². The second kappa shape index (κ2) is 3.82. The van der Waals surface area contributed by atoms with Gasteiger partial charge >= 0.3 is 0 Å². The lowest BCUT2D eigenvalue weighted by molar-refractivity contribution is 0.112. The summed E-state index contributed by atoms with van der Waals surface area (Å²) in [7, 11) is 0. The highest BCUT2D eigenvalue weighted by molar-refractivity contribution is 5.75. The molecule has 1 aliphatic rings. The average molecular weight is 190 g/mol. The van der Waals surface area contributed by atoms with E-state index in [1.165, 1.54) is 12.8 Å². The van der Waals surface area contributed by atoms with Crippen molar-refractivity contribution in [2.45, 2.75) is 19.8 Å². The van der Waals surface area contributed by atoms with Crippen LogP contribution in [0.3, 0.4) is 0 Å². The van der Waals surface area contributed by atoms with Gasteiger partial charge in [0.15, 0.2) is 0 Å².